The minimum atomic E-state index is -0.302. The average molecular weight is 424 g/mol. The van der Waals surface area contributed by atoms with Crippen LogP contribution in [0.4, 0.5) is 4.39 Å². The summed E-state index contributed by atoms with van der Waals surface area (Å²) in [6.45, 7) is 0.726. The zero-order valence-corrected chi connectivity index (χ0v) is 17.6. The lowest BCUT2D eigenvalue weighted by Gasteiger charge is -2.25. The third-order valence-electron chi connectivity index (χ3n) is 5.60. The van der Waals surface area contributed by atoms with Gasteiger partial charge in [-0.2, -0.15) is 0 Å². The van der Waals surface area contributed by atoms with E-state index in [9.17, 15) is 9.18 Å². The number of aromatic nitrogens is 1. The number of oxazole rings is 1. The van der Waals surface area contributed by atoms with Crippen molar-refractivity contribution in [3.63, 3.8) is 0 Å². The van der Waals surface area contributed by atoms with E-state index in [0.717, 1.165) is 30.5 Å². The zero-order valence-electron chi connectivity index (χ0n) is 17.6. The molecule has 0 bridgehead atoms. The van der Waals surface area contributed by atoms with Crippen LogP contribution in [0.25, 0.3) is 11.3 Å². The summed E-state index contributed by atoms with van der Waals surface area (Å²) in [5.74, 6) is 2.15. The van der Waals surface area contributed by atoms with Crippen molar-refractivity contribution in [2.45, 2.75) is 31.7 Å². The molecule has 2 heterocycles. The second-order valence-corrected chi connectivity index (χ2v) is 7.48. The predicted molar refractivity (Wildman–Crippen MR) is 113 cm³/mol. The highest BCUT2D eigenvalue weighted by Crippen LogP contribution is 2.37. The van der Waals surface area contributed by atoms with E-state index in [1.54, 1.807) is 32.5 Å². The summed E-state index contributed by atoms with van der Waals surface area (Å²) in [7, 11) is 3.21. The van der Waals surface area contributed by atoms with E-state index in [2.05, 4.69) is 4.98 Å². The van der Waals surface area contributed by atoms with Gasteiger partial charge in [0.05, 0.1) is 26.5 Å². The molecular formula is C24H25FN2O4. The first-order valence-electron chi connectivity index (χ1n) is 10.3. The van der Waals surface area contributed by atoms with Gasteiger partial charge in [-0.1, -0.05) is 6.07 Å². The van der Waals surface area contributed by atoms with Crippen LogP contribution in [0.15, 0.2) is 53.1 Å². The fourth-order valence-electron chi connectivity index (χ4n) is 4.00. The molecule has 1 aromatic heterocycles. The molecule has 1 amide bonds. The van der Waals surface area contributed by atoms with Crippen LogP contribution in [0, 0.1) is 5.82 Å². The van der Waals surface area contributed by atoms with Gasteiger partial charge in [-0.3, -0.25) is 4.79 Å². The predicted octanol–water partition coefficient (Wildman–Crippen LogP) is 4.79. The molecule has 0 radical (unpaired) electrons. The normalized spacial score (nSPS) is 15.8. The summed E-state index contributed by atoms with van der Waals surface area (Å²) in [4.78, 5) is 19.1. The lowest BCUT2D eigenvalue weighted by atomic mass is 10.0. The second kappa shape index (κ2) is 9.20. The van der Waals surface area contributed by atoms with Crippen molar-refractivity contribution in [1.29, 1.82) is 0 Å². The second-order valence-electron chi connectivity index (χ2n) is 7.48. The molecule has 1 atom stereocenters. The van der Waals surface area contributed by atoms with Crippen LogP contribution in [-0.4, -0.2) is 36.6 Å². The summed E-state index contributed by atoms with van der Waals surface area (Å²) in [6.07, 6.45) is 4.20. The lowest BCUT2D eigenvalue weighted by Crippen LogP contribution is -2.30. The number of methoxy groups -OCH3 is 2. The standard InChI is InChI=1S/C24H25FN2O4/c1-29-20-10-7-17(14-21(20)30-2)19-4-3-13-27(19)24(28)12-11-23-26-15-22(31-23)16-5-8-18(25)9-6-16/h5-10,14-15,19H,3-4,11-13H2,1-2H3. The third kappa shape index (κ3) is 4.55. The van der Waals surface area contributed by atoms with Crippen molar-refractivity contribution in [1.82, 2.24) is 9.88 Å². The summed E-state index contributed by atoms with van der Waals surface area (Å²) >= 11 is 0. The largest absolute Gasteiger partial charge is 0.493 e. The van der Waals surface area contributed by atoms with Crippen molar-refractivity contribution in [2.24, 2.45) is 0 Å². The molecule has 0 aliphatic carbocycles. The molecule has 1 saturated heterocycles. The van der Waals surface area contributed by atoms with Gasteiger partial charge in [-0.05, 0) is 54.8 Å². The zero-order chi connectivity index (χ0) is 21.8. The summed E-state index contributed by atoms with van der Waals surface area (Å²) in [5, 5.41) is 0. The molecular weight excluding hydrogens is 399 g/mol. The molecule has 1 fully saturated rings. The number of hydrogen-bond donors (Lipinski definition) is 0. The maximum absolute atomic E-state index is 13.1. The minimum absolute atomic E-state index is 0.0200. The number of amides is 1. The molecule has 4 rings (SSSR count). The van der Waals surface area contributed by atoms with E-state index in [-0.39, 0.29) is 17.8 Å². The number of rotatable bonds is 7. The third-order valence-corrected chi connectivity index (χ3v) is 5.60. The topological polar surface area (TPSA) is 64.8 Å². The van der Waals surface area contributed by atoms with Gasteiger partial charge in [0.1, 0.15) is 5.82 Å². The fraction of sp³-hybridized carbons (Fsp3) is 0.333. The first kappa shape index (κ1) is 20.9. The Morgan fingerprint density at radius 3 is 2.68 bits per heavy atom. The highest BCUT2D eigenvalue weighted by Gasteiger charge is 2.30. The van der Waals surface area contributed by atoms with Crippen molar-refractivity contribution in [2.75, 3.05) is 20.8 Å². The Kier molecular flexibility index (Phi) is 6.21. The van der Waals surface area contributed by atoms with Gasteiger partial charge >= 0.3 is 0 Å². The van der Waals surface area contributed by atoms with Gasteiger partial charge < -0.3 is 18.8 Å². The Hall–Kier alpha value is -3.35. The molecule has 3 aromatic rings. The highest BCUT2D eigenvalue weighted by atomic mass is 19.1. The van der Waals surface area contributed by atoms with Gasteiger partial charge in [-0.15, -0.1) is 0 Å². The van der Waals surface area contributed by atoms with Gasteiger partial charge in [-0.25, -0.2) is 9.37 Å². The van der Waals surface area contributed by atoms with Gasteiger partial charge in [0.25, 0.3) is 0 Å². The molecule has 0 N–H and O–H groups in total. The smallest absolute Gasteiger partial charge is 0.223 e. The van der Waals surface area contributed by atoms with Crippen LogP contribution < -0.4 is 9.47 Å². The number of likely N-dealkylation sites (tertiary alicyclic amines) is 1. The van der Waals surface area contributed by atoms with E-state index in [1.807, 2.05) is 23.1 Å². The molecule has 1 aliphatic rings. The SMILES string of the molecule is COc1ccc(C2CCCN2C(=O)CCc2ncc(-c3ccc(F)cc3)o2)cc1OC. The summed E-state index contributed by atoms with van der Waals surface area (Å²) in [6, 6.07) is 11.9. The number of halogens is 1. The molecule has 6 nitrogen and oxygen atoms in total. The van der Waals surface area contributed by atoms with Crippen LogP contribution in [0.2, 0.25) is 0 Å². The van der Waals surface area contributed by atoms with E-state index >= 15 is 0 Å². The van der Waals surface area contributed by atoms with Crippen LogP contribution in [0.1, 0.15) is 36.8 Å². The highest BCUT2D eigenvalue weighted by molar-refractivity contribution is 5.77. The molecule has 7 heteroatoms. The molecule has 2 aromatic carbocycles. The van der Waals surface area contributed by atoms with Crippen molar-refractivity contribution in [3.05, 3.63) is 65.9 Å². The number of carbonyl (C=O) groups excluding carboxylic acids is 1. The van der Waals surface area contributed by atoms with Crippen molar-refractivity contribution in [3.8, 4) is 22.8 Å². The van der Waals surface area contributed by atoms with Crippen molar-refractivity contribution >= 4 is 5.91 Å². The number of hydrogen-bond acceptors (Lipinski definition) is 5. The maximum Gasteiger partial charge on any atom is 0.223 e. The van der Waals surface area contributed by atoms with E-state index in [0.29, 0.717) is 36.0 Å². The number of carbonyl (C=O) groups is 1. The fourth-order valence-corrected chi connectivity index (χ4v) is 4.00. The Balaban J connectivity index is 1.41. The summed E-state index contributed by atoms with van der Waals surface area (Å²) < 4.78 is 29.6. The number of nitrogens with zero attached hydrogens (tertiary/aromatic N) is 2. The Morgan fingerprint density at radius 1 is 1.16 bits per heavy atom. The van der Waals surface area contributed by atoms with Gasteiger partial charge in [0.15, 0.2) is 23.1 Å². The maximum atomic E-state index is 13.1. The number of ether oxygens (including phenoxy) is 2. The van der Waals surface area contributed by atoms with E-state index < -0.39 is 0 Å². The Labute approximate surface area is 180 Å². The van der Waals surface area contributed by atoms with Crippen LogP contribution in [0.3, 0.4) is 0 Å². The molecule has 162 valence electrons. The van der Waals surface area contributed by atoms with Gasteiger partial charge in [0, 0.05) is 24.9 Å². The quantitative estimate of drug-likeness (QED) is 0.545. The Morgan fingerprint density at radius 2 is 1.94 bits per heavy atom. The van der Waals surface area contributed by atoms with Crippen LogP contribution in [-0.2, 0) is 11.2 Å². The van der Waals surface area contributed by atoms with Crippen LogP contribution >= 0.6 is 0 Å². The molecule has 1 aliphatic heterocycles. The summed E-state index contributed by atoms with van der Waals surface area (Å²) in [5.41, 5.74) is 1.79. The van der Waals surface area contributed by atoms with Crippen LogP contribution in [0.5, 0.6) is 11.5 Å². The first-order valence-corrected chi connectivity index (χ1v) is 10.3. The molecule has 0 spiro atoms. The minimum Gasteiger partial charge on any atom is -0.493 e. The van der Waals surface area contributed by atoms with Gasteiger partial charge in [0.2, 0.25) is 5.91 Å². The molecule has 1 unspecified atom stereocenters. The molecule has 0 saturated carbocycles. The van der Waals surface area contributed by atoms with Crippen molar-refractivity contribution < 1.29 is 23.1 Å². The van der Waals surface area contributed by atoms with E-state index in [4.69, 9.17) is 13.9 Å². The average Bonchev–Trinajstić information content (AvgIpc) is 3.47. The molecule has 31 heavy (non-hydrogen) atoms. The number of aryl methyl sites for hydroxylation is 1. The Bertz CT molecular complexity index is 1050. The lowest BCUT2D eigenvalue weighted by molar-refractivity contribution is -0.132. The number of benzene rings is 2. The first-order chi connectivity index (χ1) is 15.1. The monoisotopic (exact) mass is 424 g/mol. The van der Waals surface area contributed by atoms with E-state index in [1.165, 1.54) is 12.1 Å².